The Morgan fingerprint density at radius 2 is 1.84 bits per heavy atom. The number of nitrogens with one attached hydrogen (secondary N) is 1. The van der Waals surface area contributed by atoms with Crippen LogP contribution < -0.4 is 19.5 Å². The number of methoxy groups -OCH3 is 2. The van der Waals surface area contributed by atoms with Crippen LogP contribution in [0, 0.1) is 0 Å². The van der Waals surface area contributed by atoms with Gasteiger partial charge in [-0.1, -0.05) is 13.0 Å². The monoisotopic (exact) mass is 533 g/mol. The van der Waals surface area contributed by atoms with Gasteiger partial charge in [0.2, 0.25) is 5.75 Å². The second-order valence-corrected chi connectivity index (χ2v) is 9.48. The molecule has 1 heterocycles. The van der Waals surface area contributed by atoms with Gasteiger partial charge < -0.3 is 44.7 Å². The molecule has 2 aromatic rings. The van der Waals surface area contributed by atoms with Crippen molar-refractivity contribution in [2.24, 2.45) is 0 Å². The Morgan fingerprint density at radius 1 is 1.11 bits per heavy atom. The molecule has 1 saturated heterocycles. The SMILES string of the molecule is CCN[C@H](CCC(=O)O)COc1cc([C@H]2C[C@@H](O)C[C@H](CCc3ccc(O)c(OC)c3)O2)cc(OC)c1O. The third kappa shape index (κ3) is 8.14. The fourth-order valence-electron chi connectivity index (χ4n) is 4.67. The number of likely N-dealkylation sites (N-methyl/N-ethyl adjacent to an activating group) is 1. The van der Waals surface area contributed by atoms with Crippen LogP contribution in [0.4, 0.5) is 0 Å². The van der Waals surface area contributed by atoms with E-state index in [1.807, 2.05) is 13.0 Å². The molecule has 1 aliphatic heterocycles. The Morgan fingerprint density at radius 3 is 2.53 bits per heavy atom. The number of phenolic OH excluding ortho intramolecular Hbond substituents is 2. The van der Waals surface area contributed by atoms with E-state index in [9.17, 15) is 20.1 Å². The first-order valence-electron chi connectivity index (χ1n) is 12.9. The van der Waals surface area contributed by atoms with Crippen LogP contribution in [0.2, 0.25) is 0 Å². The van der Waals surface area contributed by atoms with Gasteiger partial charge in [-0.05, 0) is 67.6 Å². The quantitative estimate of drug-likeness (QED) is 0.244. The maximum absolute atomic E-state index is 11.0. The summed E-state index contributed by atoms with van der Waals surface area (Å²) in [4.78, 5) is 11.0. The summed E-state index contributed by atoms with van der Waals surface area (Å²) in [5.41, 5.74) is 1.69. The summed E-state index contributed by atoms with van der Waals surface area (Å²) in [7, 11) is 2.95. The number of phenols is 2. The number of aliphatic hydroxyl groups is 1. The molecule has 0 bridgehead atoms. The number of carboxylic acid groups (broad SMARTS) is 1. The number of aliphatic carboxylic acids is 1. The van der Waals surface area contributed by atoms with Crippen molar-refractivity contribution in [1.29, 1.82) is 0 Å². The normalized spacial score (nSPS) is 20.1. The van der Waals surface area contributed by atoms with Crippen LogP contribution >= 0.6 is 0 Å². The van der Waals surface area contributed by atoms with Crippen molar-refractivity contribution >= 4 is 5.97 Å². The van der Waals surface area contributed by atoms with Gasteiger partial charge in [0, 0.05) is 18.9 Å². The maximum atomic E-state index is 11.0. The highest BCUT2D eigenvalue weighted by molar-refractivity contribution is 5.66. The largest absolute Gasteiger partial charge is 0.504 e. The predicted octanol–water partition coefficient (Wildman–Crippen LogP) is 3.55. The number of benzene rings is 2. The standard InChI is InChI=1S/C28H39NO9/c1-4-29-19(7-10-27(32)33)16-37-26-13-18(12-25(36-3)28(26)34)23-15-20(30)14-21(38-23)8-5-17-6-9-22(31)24(11-17)35-2/h6,9,11-13,19-21,23,29-31,34H,4-5,7-8,10,14-16H2,1-3H3,(H,32,33)/t19-,20+,21+,23-/m1/s1. The first-order chi connectivity index (χ1) is 18.2. The second-order valence-electron chi connectivity index (χ2n) is 9.48. The summed E-state index contributed by atoms with van der Waals surface area (Å²) in [6, 6.07) is 8.38. The molecule has 0 spiro atoms. The molecule has 210 valence electrons. The lowest BCUT2D eigenvalue weighted by Gasteiger charge is -2.34. The molecule has 0 radical (unpaired) electrons. The first-order valence-corrected chi connectivity index (χ1v) is 12.9. The molecule has 1 aliphatic rings. The van der Waals surface area contributed by atoms with Crippen LogP contribution in [0.1, 0.15) is 56.3 Å². The van der Waals surface area contributed by atoms with Gasteiger partial charge in [-0.3, -0.25) is 4.79 Å². The van der Waals surface area contributed by atoms with Crippen molar-refractivity contribution in [1.82, 2.24) is 5.32 Å². The Bertz CT molecular complexity index is 1060. The van der Waals surface area contributed by atoms with Crippen LogP contribution in [0.5, 0.6) is 28.7 Å². The molecule has 10 nitrogen and oxygen atoms in total. The van der Waals surface area contributed by atoms with Crippen LogP contribution in [0.15, 0.2) is 30.3 Å². The van der Waals surface area contributed by atoms with E-state index in [4.69, 9.17) is 24.1 Å². The third-order valence-electron chi connectivity index (χ3n) is 6.67. The molecule has 0 aromatic heterocycles. The fourth-order valence-corrected chi connectivity index (χ4v) is 4.67. The average molecular weight is 534 g/mol. The van der Waals surface area contributed by atoms with Gasteiger partial charge >= 0.3 is 5.97 Å². The minimum Gasteiger partial charge on any atom is -0.504 e. The number of hydrogen-bond donors (Lipinski definition) is 5. The summed E-state index contributed by atoms with van der Waals surface area (Å²) in [6.07, 6.45) is 1.40. The van der Waals surface area contributed by atoms with E-state index in [-0.39, 0.29) is 48.2 Å². The average Bonchev–Trinajstić information content (AvgIpc) is 2.90. The van der Waals surface area contributed by atoms with Crippen LogP contribution in [0.3, 0.4) is 0 Å². The molecule has 0 saturated carbocycles. The number of carboxylic acids is 1. The maximum Gasteiger partial charge on any atom is 0.303 e. The van der Waals surface area contributed by atoms with E-state index >= 15 is 0 Å². The van der Waals surface area contributed by atoms with Gasteiger partial charge in [-0.15, -0.1) is 0 Å². The molecule has 4 atom stereocenters. The lowest BCUT2D eigenvalue weighted by atomic mass is 9.93. The van der Waals surface area contributed by atoms with Gasteiger partial charge in [0.25, 0.3) is 0 Å². The highest BCUT2D eigenvalue weighted by Crippen LogP contribution is 2.42. The minimum absolute atomic E-state index is 0.00247. The van der Waals surface area contributed by atoms with E-state index in [0.29, 0.717) is 50.0 Å². The Labute approximate surface area is 223 Å². The summed E-state index contributed by atoms with van der Waals surface area (Å²) < 4.78 is 22.8. The molecule has 5 N–H and O–H groups in total. The molecule has 10 heteroatoms. The van der Waals surface area contributed by atoms with E-state index in [2.05, 4.69) is 5.32 Å². The van der Waals surface area contributed by atoms with Gasteiger partial charge in [0.1, 0.15) is 6.61 Å². The van der Waals surface area contributed by atoms with E-state index in [1.54, 1.807) is 24.3 Å². The van der Waals surface area contributed by atoms with Crippen LogP contribution in [0.25, 0.3) is 0 Å². The van der Waals surface area contributed by atoms with E-state index in [0.717, 1.165) is 5.56 Å². The lowest BCUT2D eigenvalue weighted by Crippen LogP contribution is -2.35. The number of aromatic hydroxyl groups is 2. The third-order valence-corrected chi connectivity index (χ3v) is 6.67. The molecule has 38 heavy (non-hydrogen) atoms. The minimum atomic E-state index is -0.883. The number of hydrogen-bond acceptors (Lipinski definition) is 9. The Balaban J connectivity index is 1.72. The summed E-state index contributed by atoms with van der Waals surface area (Å²) in [5.74, 6) is -0.120. The van der Waals surface area contributed by atoms with Crippen LogP contribution in [-0.2, 0) is 16.0 Å². The van der Waals surface area contributed by atoms with Crippen molar-refractivity contribution in [3.63, 3.8) is 0 Å². The highest BCUT2D eigenvalue weighted by Gasteiger charge is 2.31. The number of rotatable bonds is 14. The van der Waals surface area contributed by atoms with Crippen LogP contribution in [-0.4, -0.2) is 72.0 Å². The van der Waals surface area contributed by atoms with E-state index < -0.39 is 18.2 Å². The first kappa shape index (κ1) is 29.3. The molecule has 0 unspecified atom stereocenters. The second kappa shape index (κ2) is 14.1. The number of carbonyl (C=O) groups is 1. The van der Waals surface area contributed by atoms with Gasteiger partial charge in [-0.2, -0.15) is 0 Å². The summed E-state index contributed by atoms with van der Waals surface area (Å²) in [6.45, 7) is 2.73. The van der Waals surface area contributed by atoms with Crippen molar-refractivity contribution < 1.29 is 44.2 Å². The highest BCUT2D eigenvalue weighted by atomic mass is 16.5. The number of aliphatic hydroxyl groups excluding tert-OH is 1. The smallest absolute Gasteiger partial charge is 0.303 e. The summed E-state index contributed by atoms with van der Waals surface area (Å²) in [5, 5.41) is 43.3. The Kier molecular flexibility index (Phi) is 10.9. The lowest BCUT2D eigenvalue weighted by molar-refractivity contribution is -0.137. The molecular weight excluding hydrogens is 494 g/mol. The number of aryl methyl sites for hydroxylation is 1. The van der Waals surface area contributed by atoms with Crippen molar-refractivity contribution in [2.75, 3.05) is 27.4 Å². The molecule has 2 aromatic carbocycles. The molecular formula is C28H39NO9. The summed E-state index contributed by atoms with van der Waals surface area (Å²) >= 11 is 0. The number of ether oxygens (including phenoxy) is 4. The van der Waals surface area contributed by atoms with Crippen molar-refractivity contribution in [3.8, 4) is 28.7 Å². The molecule has 0 aliphatic carbocycles. The fraction of sp³-hybridized carbons (Fsp3) is 0.536. The zero-order chi connectivity index (χ0) is 27.7. The van der Waals surface area contributed by atoms with E-state index in [1.165, 1.54) is 14.2 Å². The van der Waals surface area contributed by atoms with Crippen molar-refractivity contribution in [3.05, 3.63) is 41.5 Å². The van der Waals surface area contributed by atoms with Gasteiger partial charge in [-0.25, -0.2) is 0 Å². The topological polar surface area (TPSA) is 147 Å². The van der Waals surface area contributed by atoms with Gasteiger partial charge in [0.15, 0.2) is 23.0 Å². The molecule has 0 amide bonds. The Hall–Kier alpha value is -3.21. The molecule has 1 fully saturated rings. The van der Waals surface area contributed by atoms with Crippen molar-refractivity contribution in [2.45, 2.75) is 69.8 Å². The predicted molar refractivity (Wildman–Crippen MR) is 140 cm³/mol. The molecule has 3 rings (SSSR count). The zero-order valence-electron chi connectivity index (χ0n) is 22.2. The van der Waals surface area contributed by atoms with Gasteiger partial charge in [0.05, 0.1) is 32.5 Å². The zero-order valence-corrected chi connectivity index (χ0v) is 22.2.